The maximum Gasteiger partial charge on any atom is 0.408 e. The Morgan fingerprint density at radius 2 is 1.38 bits per heavy atom. The highest BCUT2D eigenvalue weighted by atomic mass is 16.6. The number of rotatable bonds is 9. The number of amides is 3. The van der Waals surface area contributed by atoms with Crippen molar-refractivity contribution in [2.45, 2.75) is 77.7 Å². The Labute approximate surface area is 249 Å². The highest BCUT2D eigenvalue weighted by Crippen LogP contribution is 2.31. The van der Waals surface area contributed by atoms with Gasteiger partial charge in [0.15, 0.2) is 0 Å². The number of hydrogen-bond acceptors (Lipinski definition) is 4. The van der Waals surface area contributed by atoms with Crippen molar-refractivity contribution in [1.29, 1.82) is 0 Å². The number of hydrogen-bond donors (Lipinski definition) is 2. The molecule has 0 aliphatic rings. The fourth-order valence-corrected chi connectivity index (χ4v) is 4.57. The van der Waals surface area contributed by atoms with E-state index in [2.05, 4.69) is 16.6 Å². The molecule has 42 heavy (non-hydrogen) atoms. The first-order valence-corrected chi connectivity index (χ1v) is 14.0. The minimum atomic E-state index is -1.01. The van der Waals surface area contributed by atoms with Gasteiger partial charge in [-0.05, 0) is 70.4 Å². The molecule has 3 aromatic carbocycles. The normalized spacial score (nSPS) is 12.8. The number of ether oxygens (including phenoxy) is 1. The van der Waals surface area contributed by atoms with Crippen molar-refractivity contribution in [1.82, 2.24) is 15.5 Å². The minimum Gasteiger partial charge on any atom is -0.444 e. The quantitative estimate of drug-likeness (QED) is 0.321. The predicted molar refractivity (Wildman–Crippen MR) is 165 cm³/mol. The molecule has 3 amide bonds. The van der Waals surface area contributed by atoms with Crippen LogP contribution in [-0.2, 0) is 27.3 Å². The first-order chi connectivity index (χ1) is 19.8. The minimum absolute atomic E-state index is 0.208. The van der Waals surface area contributed by atoms with Crippen LogP contribution in [-0.4, -0.2) is 40.0 Å². The fraction of sp³-hybridized carbons (Fsp3) is 0.343. The lowest BCUT2D eigenvalue weighted by atomic mass is 9.93. The molecular weight excluding hydrogens is 526 g/mol. The SMILES string of the molecule is C#Cc1ccc(C(C(=O)NCc2ccccc2)N(C(=O)C(Cc2ccccc2)NC(=O)OC(C)(C)C)C(C)(C)C)cc1. The van der Waals surface area contributed by atoms with Crippen LogP contribution in [0.1, 0.15) is 69.8 Å². The van der Waals surface area contributed by atoms with Gasteiger partial charge in [0.25, 0.3) is 0 Å². The number of nitrogens with one attached hydrogen (secondary N) is 2. The molecule has 7 nitrogen and oxygen atoms in total. The summed E-state index contributed by atoms with van der Waals surface area (Å²) in [5, 5.41) is 5.79. The van der Waals surface area contributed by atoms with Crippen molar-refractivity contribution >= 4 is 17.9 Å². The van der Waals surface area contributed by atoms with E-state index < -0.39 is 35.2 Å². The van der Waals surface area contributed by atoms with Gasteiger partial charge in [-0.3, -0.25) is 9.59 Å². The Balaban J connectivity index is 2.06. The molecule has 2 unspecified atom stereocenters. The van der Waals surface area contributed by atoms with Crippen molar-refractivity contribution in [2.75, 3.05) is 0 Å². The first kappa shape index (κ1) is 32.0. The molecule has 0 radical (unpaired) electrons. The molecule has 0 saturated carbocycles. The first-order valence-electron chi connectivity index (χ1n) is 14.0. The topological polar surface area (TPSA) is 87.7 Å². The molecule has 0 saturated heterocycles. The highest BCUT2D eigenvalue weighted by molar-refractivity contribution is 5.92. The number of benzene rings is 3. The highest BCUT2D eigenvalue weighted by Gasteiger charge is 2.42. The lowest BCUT2D eigenvalue weighted by Gasteiger charge is -2.43. The van der Waals surface area contributed by atoms with Crippen LogP contribution >= 0.6 is 0 Å². The molecule has 0 aromatic heterocycles. The van der Waals surface area contributed by atoms with Crippen molar-refractivity contribution in [3.05, 3.63) is 107 Å². The standard InChI is InChI=1S/C35H41N3O4/c1-8-25-19-21-28(22-20-25)30(31(39)36-24-27-17-13-10-14-18-27)38(34(2,3)4)32(40)29(23-26-15-11-9-12-16-26)37-33(41)42-35(5,6)7/h1,9-22,29-30H,23-24H2,2-7H3,(H,36,39)(H,37,41). The molecule has 0 fully saturated rings. The third-order valence-corrected chi connectivity index (χ3v) is 6.44. The van der Waals surface area contributed by atoms with Crippen LogP contribution in [0.5, 0.6) is 0 Å². The van der Waals surface area contributed by atoms with E-state index in [0.29, 0.717) is 11.1 Å². The van der Waals surface area contributed by atoms with E-state index in [1.54, 1.807) is 49.9 Å². The molecular formula is C35H41N3O4. The summed E-state index contributed by atoms with van der Waals surface area (Å²) >= 11 is 0. The second-order valence-electron chi connectivity index (χ2n) is 12.1. The Kier molecular flexibility index (Phi) is 10.5. The van der Waals surface area contributed by atoms with Crippen LogP contribution in [0, 0.1) is 12.3 Å². The van der Waals surface area contributed by atoms with E-state index in [4.69, 9.17) is 11.2 Å². The third-order valence-electron chi connectivity index (χ3n) is 6.44. The van der Waals surface area contributed by atoms with E-state index >= 15 is 0 Å². The van der Waals surface area contributed by atoms with E-state index in [-0.39, 0.29) is 18.9 Å². The monoisotopic (exact) mass is 567 g/mol. The molecule has 3 rings (SSSR count). The van der Waals surface area contributed by atoms with Crippen molar-refractivity contribution in [3.63, 3.8) is 0 Å². The van der Waals surface area contributed by atoms with Crippen molar-refractivity contribution < 1.29 is 19.1 Å². The molecule has 0 spiro atoms. The van der Waals surface area contributed by atoms with Gasteiger partial charge >= 0.3 is 6.09 Å². The van der Waals surface area contributed by atoms with Crippen LogP contribution in [0.2, 0.25) is 0 Å². The Morgan fingerprint density at radius 3 is 1.88 bits per heavy atom. The lowest BCUT2D eigenvalue weighted by molar-refractivity contribution is -0.148. The average molecular weight is 568 g/mol. The molecule has 2 atom stereocenters. The van der Waals surface area contributed by atoms with E-state index in [0.717, 1.165) is 11.1 Å². The zero-order chi connectivity index (χ0) is 30.9. The maximum atomic E-state index is 14.6. The maximum absolute atomic E-state index is 14.6. The van der Waals surface area contributed by atoms with Crippen molar-refractivity contribution in [3.8, 4) is 12.3 Å². The van der Waals surface area contributed by atoms with Gasteiger partial charge in [-0.2, -0.15) is 0 Å². The summed E-state index contributed by atoms with van der Waals surface area (Å²) in [5.74, 6) is 1.82. The summed E-state index contributed by atoms with van der Waals surface area (Å²) in [7, 11) is 0. The lowest BCUT2D eigenvalue weighted by Crippen LogP contribution is -2.59. The van der Waals surface area contributed by atoms with E-state index in [1.807, 2.05) is 81.4 Å². The van der Waals surface area contributed by atoms with Crippen LogP contribution in [0.4, 0.5) is 4.79 Å². The molecule has 0 bridgehead atoms. The number of alkyl carbamates (subject to hydrolysis) is 1. The summed E-state index contributed by atoms with van der Waals surface area (Å²) in [4.78, 5) is 43.0. The van der Waals surface area contributed by atoms with Gasteiger partial charge in [-0.25, -0.2) is 4.79 Å². The molecule has 0 heterocycles. The van der Waals surface area contributed by atoms with Crippen LogP contribution < -0.4 is 10.6 Å². The molecule has 220 valence electrons. The Hall–Kier alpha value is -4.57. The largest absolute Gasteiger partial charge is 0.444 e. The van der Waals surface area contributed by atoms with Gasteiger partial charge in [-0.1, -0.05) is 78.7 Å². The zero-order valence-corrected chi connectivity index (χ0v) is 25.3. The molecule has 3 aromatic rings. The van der Waals surface area contributed by atoms with Gasteiger partial charge in [0.2, 0.25) is 11.8 Å². The van der Waals surface area contributed by atoms with Gasteiger partial charge in [0.1, 0.15) is 17.7 Å². The van der Waals surface area contributed by atoms with Crippen LogP contribution in [0.15, 0.2) is 84.9 Å². The van der Waals surface area contributed by atoms with Crippen LogP contribution in [0.3, 0.4) is 0 Å². The van der Waals surface area contributed by atoms with Gasteiger partial charge in [-0.15, -0.1) is 6.42 Å². The smallest absolute Gasteiger partial charge is 0.408 e. The third kappa shape index (κ3) is 9.24. The van der Waals surface area contributed by atoms with E-state index in [9.17, 15) is 14.4 Å². The number of carbonyl (C=O) groups is 3. The number of nitrogens with zero attached hydrogens (tertiary/aromatic N) is 1. The molecule has 0 aliphatic heterocycles. The fourth-order valence-electron chi connectivity index (χ4n) is 4.57. The number of terminal acetylenes is 1. The van der Waals surface area contributed by atoms with Crippen LogP contribution in [0.25, 0.3) is 0 Å². The second kappa shape index (κ2) is 13.9. The molecule has 0 aliphatic carbocycles. The predicted octanol–water partition coefficient (Wildman–Crippen LogP) is 5.79. The second-order valence-corrected chi connectivity index (χ2v) is 12.1. The molecule has 7 heteroatoms. The molecule has 2 N–H and O–H groups in total. The van der Waals surface area contributed by atoms with Gasteiger partial charge in [0.05, 0.1) is 0 Å². The summed E-state index contributed by atoms with van der Waals surface area (Å²) in [6, 6.07) is 24.0. The van der Waals surface area contributed by atoms with Crippen molar-refractivity contribution in [2.24, 2.45) is 0 Å². The van der Waals surface area contributed by atoms with Gasteiger partial charge < -0.3 is 20.3 Å². The average Bonchev–Trinajstić information content (AvgIpc) is 2.93. The summed E-state index contributed by atoms with van der Waals surface area (Å²) < 4.78 is 5.51. The van der Waals surface area contributed by atoms with E-state index in [1.165, 1.54) is 0 Å². The zero-order valence-electron chi connectivity index (χ0n) is 25.3. The Bertz CT molecular complexity index is 1380. The Morgan fingerprint density at radius 1 is 0.833 bits per heavy atom. The summed E-state index contributed by atoms with van der Waals surface area (Å²) in [6.45, 7) is 11.2. The summed E-state index contributed by atoms with van der Waals surface area (Å²) in [6.07, 6.45) is 5.08. The summed E-state index contributed by atoms with van der Waals surface area (Å²) in [5.41, 5.74) is 1.45. The van der Waals surface area contributed by atoms with Gasteiger partial charge in [0, 0.05) is 24.1 Å². The number of carbonyl (C=O) groups excluding carboxylic acids is 3.